The molecule has 1 aromatic heterocycles. The molecule has 5 nitrogen and oxygen atoms in total. The first-order valence-electron chi connectivity index (χ1n) is 6.95. The maximum atomic E-state index is 11.2. The predicted molar refractivity (Wildman–Crippen MR) is 73.1 cm³/mol. The smallest absolute Gasteiger partial charge is 0.358 e. The average Bonchev–Trinajstić information content (AvgIpc) is 2.48. The summed E-state index contributed by atoms with van der Waals surface area (Å²) in [7, 11) is 1.33. The molecular formula is C14H21N3O2. The highest BCUT2D eigenvalue weighted by atomic mass is 16.5. The molecule has 0 radical (unpaired) electrons. The molecule has 104 valence electrons. The zero-order valence-electron chi connectivity index (χ0n) is 11.4. The van der Waals surface area contributed by atoms with Crippen LogP contribution in [0.4, 0.5) is 5.82 Å². The van der Waals surface area contributed by atoms with Crippen LogP contribution in [0.15, 0.2) is 12.1 Å². The average molecular weight is 263 g/mol. The summed E-state index contributed by atoms with van der Waals surface area (Å²) >= 11 is 0. The van der Waals surface area contributed by atoms with E-state index in [0.29, 0.717) is 5.82 Å². The van der Waals surface area contributed by atoms with Crippen molar-refractivity contribution in [1.82, 2.24) is 10.2 Å². The van der Waals surface area contributed by atoms with Crippen molar-refractivity contribution in [1.29, 1.82) is 0 Å². The van der Waals surface area contributed by atoms with E-state index in [1.54, 1.807) is 12.1 Å². The molecule has 0 atom stereocenters. The van der Waals surface area contributed by atoms with Crippen LogP contribution < -0.4 is 5.32 Å². The minimum atomic E-state index is -0.457. The van der Waals surface area contributed by atoms with Gasteiger partial charge in [0, 0.05) is 6.54 Å². The largest absolute Gasteiger partial charge is 0.464 e. The number of methoxy groups -OCH3 is 1. The van der Waals surface area contributed by atoms with Gasteiger partial charge in [-0.25, -0.2) is 4.79 Å². The lowest BCUT2D eigenvalue weighted by Gasteiger charge is -2.21. The summed E-state index contributed by atoms with van der Waals surface area (Å²) in [5, 5.41) is 11.0. The summed E-state index contributed by atoms with van der Waals surface area (Å²) < 4.78 is 4.57. The topological polar surface area (TPSA) is 64.1 Å². The van der Waals surface area contributed by atoms with E-state index in [-0.39, 0.29) is 5.69 Å². The summed E-state index contributed by atoms with van der Waals surface area (Å²) in [6.07, 6.45) is 8.03. The van der Waals surface area contributed by atoms with Crippen LogP contribution in [0.2, 0.25) is 0 Å². The summed E-state index contributed by atoms with van der Waals surface area (Å²) in [5.74, 6) is 1.10. The first-order chi connectivity index (χ1) is 9.29. The van der Waals surface area contributed by atoms with Gasteiger partial charge in [-0.05, 0) is 24.5 Å². The van der Waals surface area contributed by atoms with Gasteiger partial charge >= 0.3 is 5.97 Å². The van der Waals surface area contributed by atoms with Crippen LogP contribution in [-0.2, 0) is 4.74 Å². The number of hydrogen-bond acceptors (Lipinski definition) is 5. The highest BCUT2D eigenvalue weighted by Crippen LogP contribution is 2.26. The van der Waals surface area contributed by atoms with E-state index >= 15 is 0 Å². The number of ether oxygens (including phenoxy) is 1. The Morgan fingerprint density at radius 3 is 2.74 bits per heavy atom. The molecule has 1 saturated carbocycles. The second-order valence-corrected chi connectivity index (χ2v) is 5.01. The fraction of sp³-hybridized carbons (Fsp3) is 0.643. The van der Waals surface area contributed by atoms with Gasteiger partial charge in [0.25, 0.3) is 0 Å². The number of carbonyl (C=O) groups is 1. The quantitative estimate of drug-likeness (QED) is 0.827. The fourth-order valence-corrected chi connectivity index (χ4v) is 2.52. The molecule has 1 fully saturated rings. The zero-order valence-corrected chi connectivity index (χ0v) is 11.4. The number of aromatic nitrogens is 2. The first kappa shape index (κ1) is 13.8. The monoisotopic (exact) mass is 263 g/mol. The van der Waals surface area contributed by atoms with Crippen molar-refractivity contribution in [2.45, 2.75) is 38.5 Å². The Kier molecular flexibility index (Phi) is 5.12. The lowest BCUT2D eigenvalue weighted by atomic mass is 9.87. The summed E-state index contributed by atoms with van der Waals surface area (Å²) in [5.41, 5.74) is 0.236. The van der Waals surface area contributed by atoms with Crippen LogP contribution >= 0.6 is 0 Å². The SMILES string of the molecule is COC(=O)c1ccc(NCCC2CCCCC2)nn1. The van der Waals surface area contributed by atoms with E-state index in [9.17, 15) is 4.79 Å². The van der Waals surface area contributed by atoms with Crippen LogP contribution in [0.1, 0.15) is 49.0 Å². The number of nitrogens with one attached hydrogen (secondary N) is 1. The predicted octanol–water partition coefficient (Wildman–Crippen LogP) is 2.65. The van der Waals surface area contributed by atoms with Crippen molar-refractivity contribution in [3.8, 4) is 0 Å². The Bertz CT molecular complexity index is 400. The maximum absolute atomic E-state index is 11.2. The molecule has 1 aliphatic rings. The fourth-order valence-electron chi connectivity index (χ4n) is 2.52. The van der Waals surface area contributed by atoms with Gasteiger partial charge in [0.1, 0.15) is 5.82 Å². The van der Waals surface area contributed by atoms with E-state index in [1.165, 1.54) is 45.6 Å². The zero-order chi connectivity index (χ0) is 13.5. The van der Waals surface area contributed by atoms with Crippen molar-refractivity contribution < 1.29 is 9.53 Å². The molecule has 1 aliphatic carbocycles. The minimum Gasteiger partial charge on any atom is -0.464 e. The molecule has 1 N–H and O–H groups in total. The minimum absolute atomic E-state index is 0.236. The highest BCUT2D eigenvalue weighted by molar-refractivity contribution is 5.86. The van der Waals surface area contributed by atoms with Crippen LogP contribution in [-0.4, -0.2) is 29.8 Å². The molecule has 1 heterocycles. The molecule has 2 rings (SSSR count). The molecule has 0 aromatic carbocycles. The summed E-state index contributed by atoms with van der Waals surface area (Å²) in [6.45, 7) is 0.914. The van der Waals surface area contributed by atoms with Gasteiger partial charge in [0.05, 0.1) is 7.11 Å². The Morgan fingerprint density at radius 2 is 2.11 bits per heavy atom. The third kappa shape index (κ3) is 4.19. The number of esters is 1. The van der Waals surface area contributed by atoms with Crippen LogP contribution in [0, 0.1) is 5.92 Å². The van der Waals surface area contributed by atoms with E-state index in [4.69, 9.17) is 0 Å². The molecule has 0 amide bonds. The molecule has 0 bridgehead atoms. The third-order valence-corrected chi connectivity index (χ3v) is 3.64. The van der Waals surface area contributed by atoms with Gasteiger partial charge < -0.3 is 10.1 Å². The Labute approximate surface area is 113 Å². The van der Waals surface area contributed by atoms with Crippen LogP contribution in [0.25, 0.3) is 0 Å². The lowest BCUT2D eigenvalue weighted by Crippen LogP contribution is -2.13. The molecule has 1 aromatic rings. The van der Waals surface area contributed by atoms with E-state index in [2.05, 4.69) is 20.3 Å². The second-order valence-electron chi connectivity index (χ2n) is 5.01. The van der Waals surface area contributed by atoms with Gasteiger partial charge in [0.2, 0.25) is 0 Å². The number of rotatable bonds is 5. The van der Waals surface area contributed by atoms with Gasteiger partial charge in [-0.1, -0.05) is 32.1 Å². The Morgan fingerprint density at radius 1 is 1.32 bits per heavy atom. The summed E-state index contributed by atoms with van der Waals surface area (Å²) in [6, 6.07) is 3.39. The molecular weight excluding hydrogens is 242 g/mol. The third-order valence-electron chi connectivity index (χ3n) is 3.64. The maximum Gasteiger partial charge on any atom is 0.358 e. The van der Waals surface area contributed by atoms with Gasteiger partial charge in [-0.3, -0.25) is 0 Å². The van der Waals surface area contributed by atoms with Crippen molar-refractivity contribution in [2.75, 3.05) is 19.0 Å². The highest BCUT2D eigenvalue weighted by Gasteiger charge is 2.13. The lowest BCUT2D eigenvalue weighted by molar-refractivity contribution is 0.0593. The van der Waals surface area contributed by atoms with Crippen molar-refractivity contribution in [3.63, 3.8) is 0 Å². The first-order valence-corrected chi connectivity index (χ1v) is 6.95. The second kappa shape index (κ2) is 7.07. The number of anilines is 1. The standard InChI is InChI=1S/C14H21N3O2/c1-19-14(18)12-7-8-13(17-16-12)15-10-9-11-5-3-2-4-6-11/h7-8,11H,2-6,9-10H2,1H3,(H,15,17). The van der Waals surface area contributed by atoms with Gasteiger partial charge in [0.15, 0.2) is 5.69 Å². The molecule has 19 heavy (non-hydrogen) atoms. The van der Waals surface area contributed by atoms with Crippen LogP contribution in [0.5, 0.6) is 0 Å². The van der Waals surface area contributed by atoms with Crippen molar-refractivity contribution >= 4 is 11.8 Å². The number of carbonyl (C=O) groups excluding carboxylic acids is 1. The number of nitrogens with zero attached hydrogens (tertiary/aromatic N) is 2. The molecule has 5 heteroatoms. The molecule has 0 spiro atoms. The van der Waals surface area contributed by atoms with Crippen molar-refractivity contribution in [2.24, 2.45) is 5.92 Å². The van der Waals surface area contributed by atoms with E-state index < -0.39 is 5.97 Å². The van der Waals surface area contributed by atoms with E-state index in [0.717, 1.165) is 12.5 Å². The van der Waals surface area contributed by atoms with Gasteiger partial charge in [-0.15, -0.1) is 10.2 Å². The van der Waals surface area contributed by atoms with Gasteiger partial charge in [-0.2, -0.15) is 0 Å². The molecule has 0 aliphatic heterocycles. The summed E-state index contributed by atoms with van der Waals surface area (Å²) in [4.78, 5) is 11.2. The van der Waals surface area contributed by atoms with E-state index in [1.807, 2.05) is 0 Å². The molecule has 0 unspecified atom stereocenters. The van der Waals surface area contributed by atoms with Crippen molar-refractivity contribution in [3.05, 3.63) is 17.8 Å². The Balaban J connectivity index is 1.75. The normalized spacial score (nSPS) is 16.1. The Hall–Kier alpha value is -1.65. The van der Waals surface area contributed by atoms with Crippen LogP contribution in [0.3, 0.4) is 0 Å². The molecule has 0 saturated heterocycles. The number of hydrogen-bond donors (Lipinski definition) is 1.